The van der Waals surface area contributed by atoms with Crippen LogP contribution in [-0.2, 0) is 9.59 Å². The van der Waals surface area contributed by atoms with Gasteiger partial charge in [-0.3, -0.25) is 9.59 Å². The fourth-order valence-electron chi connectivity index (χ4n) is 2.53. The van der Waals surface area contributed by atoms with Crippen LogP contribution in [0.25, 0.3) is 0 Å². The van der Waals surface area contributed by atoms with Crippen LogP contribution >= 0.6 is 15.9 Å². The van der Waals surface area contributed by atoms with Crippen LogP contribution in [0.4, 0.5) is 5.69 Å². The highest BCUT2D eigenvalue weighted by Gasteiger charge is 2.06. The molecule has 2 rings (SSSR count). The van der Waals surface area contributed by atoms with Crippen LogP contribution < -0.4 is 10.7 Å². The normalized spacial score (nSPS) is 10.8. The van der Waals surface area contributed by atoms with Gasteiger partial charge in [0, 0.05) is 22.9 Å². The first kappa shape index (κ1) is 21.6. The lowest BCUT2D eigenvalue weighted by molar-refractivity contribution is -0.121. The summed E-state index contributed by atoms with van der Waals surface area (Å²) in [5.41, 5.74) is 3.84. The third kappa shape index (κ3) is 7.92. The maximum absolute atomic E-state index is 11.9. The molecule has 0 saturated carbocycles. The minimum absolute atomic E-state index is 0.0594. The van der Waals surface area contributed by atoms with Crippen LogP contribution in [0.2, 0.25) is 0 Å². The van der Waals surface area contributed by atoms with E-state index < -0.39 is 0 Å². The first-order valence-electron chi connectivity index (χ1n) is 9.20. The molecule has 0 radical (unpaired) electrons. The van der Waals surface area contributed by atoms with Gasteiger partial charge in [0.15, 0.2) is 0 Å². The highest BCUT2D eigenvalue weighted by Crippen LogP contribution is 2.21. The van der Waals surface area contributed by atoms with Gasteiger partial charge in [0.2, 0.25) is 11.8 Å². The number of phenolic OH excluding ortho intramolecular Hbond substituents is 1. The Labute approximate surface area is 173 Å². The molecule has 2 aromatic carbocycles. The van der Waals surface area contributed by atoms with Gasteiger partial charge in [0.25, 0.3) is 0 Å². The third-order valence-corrected chi connectivity index (χ3v) is 4.76. The molecule has 6 nitrogen and oxygen atoms in total. The number of carbonyl (C=O) groups excluding carboxylic acids is 2. The van der Waals surface area contributed by atoms with E-state index in [0.717, 1.165) is 35.7 Å². The molecule has 0 aromatic heterocycles. The summed E-state index contributed by atoms with van der Waals surface area (Å²) in [5.74, 6) is -0.189. The van der Waals surface area contributed by atoms with Gasteiger partial charge in [-0.05, 0) is 31.0 Å². The van der Waals surface area contributed by atoms with E-state index in [1.807, 2.05) is 24.3 Å². The minimum atomic E-state index is -0.124. The van der Waals surface area contributed by atoms with Crippen LogP contribution in [0, 0.1) is 0 Å². The Morgan fingerprint density at radius 1 is 0.929 bits per heavy atom. The number of hydrazone groups is 1. The second-order valence-corrected chi connectivity index (χ2v) is 7.15. The number of phenols is 1. The van der Waals surface area contributed by atoms with E-state index in [-0.39, 0.29) is 17.6 Å². The van der Waals surface area contributed by atoms with E-state index >= 15 is 0 Å². The quantitative estimate of drug-likeness (QED) is 0.216. The van der Waals surface area contributed by atoms with Crippen molar-refractivity contribution in [1.82, 2.24) is 5.43 Å². The zero-order valence-corrected chi connectivity index (χ0v) is 17.1. The fourth-order valence-corrected chi connectivity index (χ4v) is 2.91. The van der Waals surface area contributed by atoms with Crippen molar-refractivity contribution in [2.24, 2.45) is 5.10 Å². The Bertz CT molecular complexity index is 824. The molecule has 0 aliphatic rings. The summed E-state index contributed by atoms with van der Waals surface area (Å²) in [6.07, 6.45) is 5.60. The van der Waals surface area contributed by atoms with Crippen molar-refractivity contribution in [1.29, 1.82) is 0 Å². The summed E-state index contributed by atoms with van der Waals surface area (Å²) in [4.78, 5) is 23.6. The van der Waals surface area contributed by atoms with Crippen molar-refractivity contribution in [3.8, 4) is 5.75 Å². The predicted molar refractivity (Wildman–Crippen MR) is 114 cm³/mol. The summed E-state index contributed by atoms with van der Waals surface area (Å²) < 4.78 is 0.916. The molecule has 3 N–H and O–H groups in total. The summed E-state index contributed by atoms with van der Waals surface area (Å²) in [6, 6.07) is 14.3. The average molecular weight is 446 g/mol. The number of hydrogen-bond donors (Lipinski definition) is 3. The number of hydrogen-bond acceptors (Lipinski definition) is 4. The Balaban J connectivity index is 1.54. The molecule has 7 heteroatoms. The average Bonchev–Trinajstić information content (AvgIpc) is 2.68. The van der Waals surface area contributed by atoms with E-state index in [1.165, 1.54) is 6.07 Å². The van der Waals surface area contributed by atoms with Crippen LogP contribution in [0.5, 0.6) is 5.75 Å². The molecule has 148 valence electrons. The standard InChI is InChI=1S/C21H24BrN3O3/c22-17-10-6-5-9-16(17)15-23-25-21(28)14-4-2-1-3-13-20(27)24-18-11-7-8-12-19(18)26/h5-12,15,26H,1-4,13-14H2,(H,24,27)(H,25,28). The number of rotatable bonds is 10. The van der Waals surface area contributed by atoms with Gasteiger partial charge < -0.3 is 10.4 Å². The smallest absolute Gasteiger partial charge is 0.240 e. The number of unbranched alkanes of at least 4 members (excludes halogenated alkanes) is 3. The molecule has 0 unspecified atom stereocenters. The fraction of sp³-hybridized carbons (Fsp3) is 0.286. The van der Waals surface area contributed by atoms with E-state index in [9.17, 15) is 14.7 Å². The van der Waals surface area contributed by atoms with Gasteiger partial charge in [-0.25, -0.2) is 5.43 Å². The lowest BCUT2D eigenvalue weighted by atomic mass is 10.1. The molecule has 0 heterocycles. The van der Waals surface area contributed by atoms with E-state index in [4.69, 9.17) is 0 Å². The van der Waals surface area contributed by atoms with Gasteiger partial charge in [0.05, 0.1) is 11.9 Å². The third-order valence-electron chi connectivity index (χ3n) is 4.03. The van der Waals surface area contributed by atoms with Crippen molar-refractivity contribution in [3.05, 3.63) is 58.6 Å². The second-order valence-electron chi connectivity index (χ2n) is 6.29. The number of anilines is 1. The van der Waals surface area contributed by atoms with Gasteiger partial charge >= 0.3 is 0 Å². The number of carbonyl (C=O) groups is 2. The molecule has 0 bridgehead atoms. The lowest BCUT2D eigenvalue weighted by Crippen LogP contribution is -2.17. The molecule has 0 aliphatic heterocycles. The molecule has 0 aliphatic carbocycles. The predicted octanol–water partition coefficient (Wildman–Crippen LogP) is 4.58. The summed E-state index contributed by atoms with van der Waals surface area (Å²) in [6.45, 7) is 0. The zero-order valence-electron chi connectivity index (χ0n) is 15.5. The van der Waals surface area contributed by atoms with Crippen molar-refractivity contribution >= 4 is 39.6 Å². The van der Waals surface area contributed by atoms with Crippen molar-refractivity contribution in [2.75, 3.05) is 5.32 Å². The largest absolute Gasteiger partial charge is 0.506 e. The van der Waals surface area contributed by atoms with Crippen LogP contribution in [0.15, 0.2) is 58.1 Å². The lowest BCUT2D eigenvalue weighted by Gasteiger charge is -2.06. The summed E-state index contributed by atoms with van der Waals surface area (Å²) >= 11 is 3.42. The second kappa shape index (κ2) is 11.9. The van der Waals surface area contributed by atoms with Crippen molar-refractivity contribution < 1.29 is 14.7 Å². The molecule has 0 saturated heterocycles. The summed E-state index contributed by atoms with van der Waals surface area (Å²) in [7, 11) is 0. The Hall–Kier alpha value is -2.67. The van der Waals surface area contributed by atoms with E-state index in [2.05, 4.69) is 31.8 Å². The molecular formula is C21H24BrN3O3. The number of amides is 2. The highest BCUT2D eigenvalue weighted by molar-refractivity contribution is 9.10. The SMILES string of the molecule is O=C(CCCCCCC(=O)Nc1ccccc1O)NN=Cc1ccccc1Br. The van der Waals surface area contributed by atoms with E-state index in [1.54, 1.807) is 24.4 Å². The Morgan fingerprint density at radius 3 is 2.29 bits per heavy atom. The maximum Gasteiger partial charge on any atom is 0.240 e. The van der Waals surface area contributed by atoms with Crippen molar-refractivity contribution in [2.45, 2.75) is 38.5 Å². The topological polar surface area (TPSA) is 90.8 Å². The Kier molecular flexibility index (Phi) is 9.21. The van der Waals surface area contributed by atoms with Gasteiger partial charge in [0.1, 0.15) is 5.75 Å². The first-order chi connectivity index (χ1) is 13.6. The van der Waals surface area contributed by atoms with Gasteiger partial charge in [-0.2, -0.15) is 5.10 Å². The molecule has 0 spiro atoms. The van der Waals surface area contributed by atoms with E-state index in [0.29, 0.717) is 18.5 Å². The number of halogens is 1. The molecule has 2 aromatic rings. The number of benzene rings is 2. The molecular weight excluding hydrogens is 422 g/mol. The monoisotopic (exact) mass is 445 g/mol. The van der Waals surface area contributed by atoms with Crippen molar-refractivity contribution in [3.63, 3.8) is 0 Å². The van der Waals surface area contributed by atoms with Gasteiger partial charge in [-0.15, -0.1) is 0 Å². The molecule has 2 amide bonds. The number of para-hydroxylation sites is 2. The summed E-state index contributed by atoms with van der Waals surface area (Å²) in [5, 5.41) is 16.3. The zero-order chi connectivity index (χ0) is 20.2. The minimum Gasteiger partial charge on any atom is -0.506 e. The molecule has 0 atom stereocenters. The number of nitrogens with zero attached hydrogens (tertiary/aromatic N) is 1. The van der Waals surface area contributed by atoms with Crippen LogP contribution in [-0.4, -0.2) is 23.1 Å². The first-order valence-corrected chi connectivity index (χ1v) is 10.00. The van der Waals surface area contributed by atoms with Gasteiger partial charge in [-0.1, -0.05) is 59.1 Å². The maximum atomic E-state index is 11.9. The highest BCUT2D eigenvalue weighted by atomic mass is 79.9. The number of aromatic hydroxyl groups is 1. The number of nitrogens with one attached hydrogen (secondary N) is 2. The molecule has 0 fully saturated rings. The Morgan fingerprint density at radius 2 is 1.57 bits per heavy atom. The van der Waals surface area contributed by atoms with Crippen LogP contribution in [0.1, 0.15) is 44.1 Å². The molecule has 28 heavy (non-hydrogen) atoms. The van der Waals surface area contributed by atoms with Crippen LogP contribution in [0.3, 0.4) is 0 Å².